The van der Waals surface area contributed by atoms with E-state index >= 15 is 0 Å². The number of amides is 1. The predicted octanol–water partition coefficient (Wildman–Crippen LogP) is 2.65. The Morgan fingerprint density at radius 1 is 1.32 bits per heavy atom. The quantitative estimate of drug-likeness (QED) is 0.871. The molecule has 2 aliphatic rings. The molecule has 3 nitrogen and oxygen atoms in total. The van der Waals surface area contributed by atoms with E-state index in [1.165, 1.54) is 29.7 Å². The van der Waals surface area contributed by atoms with E-state index in [4.69, 9.17) is 0 Å². The summed E-state index contributed by atoms with van der Waals surface area (Å²) in [5.41, 5.74) is 3.96. The van der Waals surface area contributed by atoms with Gasteiger partial charge in [-0.2, -0.15) is 0 Å². The van der Waals surface area contributed by atoms with Crippen LogP contribution in [-0.2, 0) is 17.6 Å². The molecule has 0 radical (unpaired) electrons. The minimum Gasteiger partial charge on any atom is -0.384 e. The summed E-state index contributed by atoms with van der Waals surface area (Å²) in [6, 6.07) is 6.86. The maximum absolute atomic E-state index is 11.9. The van der Waals surface area contributed by atoms with Gasteiger partial charge in [-0.25, -0.2) is 0 Å². The van der Waals surface area contributed by atoms with E-state index in [-0.39, 0.29) is 5.91 Å². The molecule has 1 aromatic carbocycles. The topological polar surface area (TPSA) is 41.1 Å². The van der Waals surface area contributed by atoms with Gasteiger partial charge < -0.3 is 10.6 Å². The lowest BCUT2D eigenvalue weighted by Crippen LogP contribution is -2.32. The molecule has 1 saturated carbocycles. The molecule has 2 N–H and O–H groups in total. The summed E-state index contributed by atoms with van der Waals surface area (Å²) in [5, 5.41) is 6.59. The van der Waals surface area contributed by atoms with E-state index in [1.807, 2.05) is 0 Å². The molecule has 1 amide bonds. The third kappa shape index (κ3) is 2.91. The molecule has 1 heterocycles. The van der Waals surface area contributed by atoms with Crippen molar-refractivity contribution in [3.05, 3.63) is 29.3 Å². The monoisotopic (exact) mass is 258 g/mol. The summed E-state index contributed by atoms with van der Waals surface area (Å²) in [5.74, 6) is 0.211. The van der Waals surface area contributed by atoms with Crippen molar-refractivity contribution in [2.75, 3.05) is 11.9 Å². The highest BCUT2D eigenvalue weighted by Gasteiger charge is 2.18. The molecule has 0 spiro atoms. The van der Waals surface area contributed by atoms with Crippen LogP contribution >= 0.6 is 0 Å². The summed E-state index contributed by atoms with van der Waals surface area (Å²) in [6.45, 7) is 1.03. The molecule has 1 aliphatic carbocycles. The third-order valence-corrected chi connectivity index (χ3v) is 4.27. The summed E-state index contributed by atoms with van der Waals surface area (Å²) in [7, 11) is 0. The molecule has 0 saturated heterocycles. The number of aryl methyl sites for hydroxylation is 1. The fraction of sp³-hybridized carbons (Fsp3) is 0.562. The molecule has 3 heteroatoms. The predicted molar refractivity (Wildman–Crippen MR) is 77.4 cm³/mol. The van der Waals surface area contributed by atoms with Gasteiger partial charge in [0.05, 0.1) is 0 Å². The number of nitrogens with one attached hydrogen (secondary N) is 2. The van der Waals surface area contributed by atoms with Crippen LogP contribution in [0, 0.1) is 0 Å². The van der Waals surface area contributed by atoms with E-state index in [0.29, 0.717) is 12.5 Å². The lowest BCUT2D eigenvalue weighted by molar-refractivity contribution is -0.121. The zero-order valence-electron chi connectivity index (χ0n) is 11.4. The van der Waals surface area contributed by atoms with Gasteiger partial charge in [-0.05, 0) is 36.8 Å². The molecule has 1 aliphatic heterocycles. The molecular weight excluding hydrogens is 236 g/mol. The van der Waals surface area contributed by atoms with Crippen molar-refractivity contribution in [1.29, 1.82) is 0 Å². The summed E-state index contributed by atoms with van der Waals surface area (Å²) in [6.07, 6.45) is 7.41. The van der Waals surface area contributed by atoms with Crippen LogP contribution in [0.5, 0.6) is 0 Å². The number of anilines is 1. The Morgan fingerprint density at radius 2 is 2.16 bits per heavy atom. The molecule has 0 atom stereocenters. The van der Waals surface area contributed by atoms with E-state index in [2.05, 4.69) is 28.8 Å². The number of rotatable bonds is 4. The lowest BCUT2D eigenvalue weighted by Gasteiger charge is -2.13. The number of carbonyl (C=O) groups is 1. The smallest absolute Gasteiger partial charge is 0.220 e. The maximum atomic E-state index is 11.9. The first kappa shape index (κ1) is 12.5. The van der Waals surface area contributed by atoms with Gasteiger partial charge in [-0.3, -0.25) is 4.79 Å². The summed E-state index contributed by atoms with van der Waals surface area (Å²) >= 11 is 0. The minimum absolute atomic E-state index is 0.211. The Balaban J connectivity index is 1.54. The van der Waals surface area contributed by atoms with Crippen LogP contribution in [0.3, 0.4) is 0 Å². The first-order valence-corrected chi connectivity index (χ1v) is 7.47. The number of benzene rings is 1. The van der Waals surface area contributed by atoms with Crippen molar-refractivity contribution < 1.29 is 4.79 Å². The fourth-order valence-electron chi connectivity index (χ4n) is 3.24. The van der Waals surface area contributed by atoms with Crippen LogP contribution in [0.25, 0.3) is 0 Å². The lowest BCUT2D eigenvalue weighted by atomic mass is 10.0. The largest absolute Gasteiger partial charge is 0.384 e. The second-order valence-electron chi connectivity index (χ2n) is 5.68. The average Bonchev–Trinajstić information content (AvgIpc) is 3.06. The Kier molecular flexibility index (Phi) is 3.72. The maximum Gasteiger partial charge on any atom is 0.220 e. The second-order valence-corrected chi connectivity index (χ2v) is 5.68. The Bertz CT molecular complexity index is 464. The van der Waals surface area contributed by atoms with E-state index < -0.39 is 0 Å². The molecular formula is C16H22N2O. The fourth-order valence-corrected chi connectivity index (χ4v) is 3.24. The van der Waals surface area contributed by atoms with Crippen molar-refractivity contribution in [2.45, 2.75) is 51.0 Å². The average molecular weight is 258 g/mol. The number of para-hydroxylation sites is 1. The van der Waals surface area contributed by atoms with Crippen molar-refractivity contribution in [3.63, 3.8) is 0 Å². The van der Waals surface area contributed by atoms with Crippen LogP contribution in [0.15, 0.2) is 18.2 Å². The zero-order valence-corrected chi connectivity index (χ0v) is 11.4. The molecule has 1 aromatic rings. The second kappa shape index (κ2) is 5.64. The number of hydrogen-bond acceptors (Lipinski definition) is 2. The van der Waals surface area contributed by atoms with Gasteiger partial charge in [0.1, 0.15) is 0 Å². The van der Waals surface area contributed by atoms with Crippen molar-refractivity contribution in [3.8, 4) is 0 Å². The molecule has 3 rings (SSSR count). The van der Waals surface area contributed by atoms with Crippen LogP contribution in [-0.4, -0.2) is 18.5 Å². The van der Waals surface area contributed by atoms with Crippen LogP contribution in [0.2, 0.25) is 0 Å². The van der Waals surface area contributed by atoms with Gasteiger partial charge in [-0.15, -0.1) is 0 Å². The van der Waals surface area contributed by atoms with Crippen LogP contribution < -0.4 is 10.6 Å². The normalized spacial score (nSPS) is 18.1. The van der Waals surface area contributed by atoms with Gasteiger partial charge in [0.25, 0.3) is 0 Å². The number of carbonyl (C=O) groups excluding carboxylic acids is 1. The first-order chi connectivity index (χ1) is 9.33. The van der Waals surface area contributed by atoms with Gasteiger partial charge >= 0.3 is 0 Å². The highest BCUT2D eigenvalue weighted by atomic mass is 16.1. The van der Waals surface area contributed by atoms with Crippen LogP contribution in [0.4, 0.5) is 5.69 Å². The van der Waals surface area contributed by atoms with Gasteiger partial charge in [0.15, 0.2) is 0 Å². The zero-order chi connectivity index (χ0) is 13.1. The Labute approximate surface area is 114 Å². The van der Waals surface area contributed by atoms with Crippen molar-refractivity contribution in [1.82, 2.24) is 5.32 Å². The molecule has 0 bridgehead atoms. The highest BCUT2D eigenvalue weighted by Crippen LogP contribution is 2.27. The molecule has 1 fully saturated rings. The van der Waals surface area contributed by atoms with Crippen molar-refractivity contribution in [2.24, 2.45) is 0 Å². The first-order valence-electron chi connectivity index (χ1n) is 7.47. The Morgan fingerprint density at radius 3 is 3.00 bits per heavy atom. The van der Waals surface area contributed by atoms with Gasteiger partial charge in [0.2, 0.25) is 5.91 Å². The SMILES string of the molecule is O=C(CCc1cccc2c1NCC2)NC1CCCC1. The standard InChI is InChI=1S/C16H22N2O/c19-15(18-14-6-1-2-7-14)9-8-12-4-3-5-13-10-11-17-16(12)13/h3-5,14,17H,1-2,6-11H2,(H,18,19). The van der Waals surface area contributed by atoms with E-state index in [0.717, 1.165) is 32.2 Å². The van der Waals surface area contributed by atoms with Gasteiger partial charge in [0, 0.05) is 24.7 Å². The van der Waals surface area contributed by atoms with E-state index in [9.17, 15) is 4.79 Å². The summed E-state index contributed by atoms with van der Waals surface area (Å²) < 4.78 is 0. The molecule has 102 valence electrons. The molecule has 19 heavy (non-hydrogen) atoms. The number of hydrogen-bond donors (Lipinski definition) is 2. The highest BCUT2D eigenvalue weighted by molar-refractivity contribution is 5.77. The van der Waals surface area contributed by atoms with Crippen LogP contribution in [0.1, 0.15) is 43.2 Å². The minimum atomic E-state index is 0.211. The number of fused-ring (bicyclic) bond motifs is 1. The third-order valence-electron chi connectivity index (χ3n) is 4.27. The molecule has 0 unspecified atom stereocenters. The Hall–Kier alpha value is -1.51. The van der Waals surface area contributed by atoms with Crippen molar-refractivity contribution >= 4 is 11.6 Å². The van der Waals surface area contributed by atoms with Gasteiger partial charge in [-0.1, -0.05) is 31.0 Å². The van der Waals surface area contributed by atoms with E-state index in [1.54, 1.807) is 0 Å². The summed E-state index contributed by atoms with van der Waals surface area (Å²) in [4.78, 5) is 11.9. The molecule has 0 aromatic heterocycles.